The molecular weight excluding hydrogens is 352 g/mol. The van der Waals surface area contributed by atoms with Gasteiger partial charge in [-0.1, -0.05) is 28.1 Å². The largest absolute Gasteiger partial charge is 0.502 e. The van der Waals surface area contributed by atoms with E-state index in [1.165, 1.54) is 6.07 Å². The number of carbonyl (C=O) groups excluding carboxylic acids is 1. The Hall–Kier alpha value is -2.41. The fourth-order valence-corrected chi connectivity index (χ4v) is 2.20. The fraction of sp³-hybridized carbons (Fsp3) is 0.133. The van der Waals surface area contributed by atoms with E-state index in [4.69, 9.17) is 0 Å². The van der Waals surface area contributed by atoms with Crippen LogP contribution in [0.1, 0.15) is 28.9 Å². The molecular formula is C15H13BrN2O4. The Morgan fingerprint density at radius 3 is 2.45 bits per heavy atom. The number of halogens is 1. The molecule has 0 saturated carbocycles. The number of aromatic hydroxyl groups is 1. The Kier molecular flexibility index (Phi) is 4.77. The summed E-state index contributed by atoms with van der Waals surface area (Å²) in [5, 5.41) is 23.0. The van der Waals surface area contributed by atoms with Crippen LogP contribution < -0.4 is 5.32 Å². The molecule has 0 aliphatic carbocycles. The molecule has 2 N–H and O–H groups in total. The lowest BCUT2D eigenvalue weighted by Gasteiger charge is -2.14. The minimum atomic E-state index is -0.707. The Morgan fingerprint density at radius 2 is 1.91 bits per heavy atom. The van der Waals surface area contributed by atoms with Gasteiger partial charge in [0.1, 0.15) is 0 Å². The number of hydrogen-bond acceptors (Lipinski definition) is 4. The summed E-state index contributed by atoms with van der Waals surface area (Å²) in [6.07, 6.45) is 0. The molecule has 0 aliphatic rings. The van der Waals surface area contributed by atoms with Crippen molar-refractivity contribution in [3.8, 4) is 5.75 Å². The summed E-state index contributed by atoms with van der Waals surface area (Å²) >= 11 is 3.34. The molecule has 0 fully saturated rings. The zero-order valence-corrected chi connectivity index (χ0v) is 13.2. The minimum absolute atomic E-state index is 0.159. The molecule has 1 amide bonds. The summed E-state index contributed by atoms with van der Waals surface area (Å²) in [6, 6.07) is 10.8. The highest BCUT2D eigenvalue weighted by Crippen LogP contribution is 2.26. The topological polar surface area (TPSA) is 92.5 Å². The molecule has 1 atom stereocenters. The lowest BCUT2D eigenvalue weighted by molar-refractivity contribution is -0.385. The van der Waals surface area contributed by atoms with E-state index in [9.17, 15) is 20.0 Å². The quantitative estimate of drug-likeness (QED) is 0.640. The normalized spacial score (nSPS) is 11.7. The molecule has 6 nitrogen and oxygen atoms in total. The fourth-order valence-electron chi connectivity index (χ4n) is 1.93. The number of phenolic OH excluding ortho intramolecular Hbond substituents is 1. The van der Waals surface area contributed by atoms with Crippen molar-refractivity contribution in [3.63, 3.8) is 0 Å². The number of carbonyl (C=O) groups is 1. The molecule has 0 aromatic heterocycles. The lowest BCUT2D eigenvalue weighted by atomic mass is 10.1. The van der Waals surface area contributed by atoms with Crippen LogP contribution in [0.3, 0.4) is 0 Å². The van der Waals surface area contributed by atoms with E-state index < -0.39 is 22.3 Å². The number of nitrogens with zero attached hydrogens (tertiary/aromatic N) is 1. The number of nitro groups is 1. The number of nitro benzene ring substituents is 1. The monoisotopic (exact) mass is 364 g/mol. The number of hydrogen-bond donors (Lipinski definition) is 2. The molecule has 0 bridgehead atoms. The van der Waals surface area contributed by atoms with E-state index in [0.29, 0.717) is 0 Å². The van der Waals surface area contributed by atoms with Crippen LogP contribution in [0.15, 0.2) is 46.9 Å². The van der Waals surface area contributed by atoms with Crippen molar-refractivity contribution in [2.75, 3.05) is 0 Å². The molecule has 0 aliphatic heterocycles. The first-order valence-corrected chi connectivity index (χ1v) is 7.21. The zero-order chi connectivity index (χ0) is 16.3. The summed E-state index contributed by atoms with van der Waals surface area (Å²) in [6.45, 7) is 1.83. The summed E-state index contributed by atoms with van der Waals surface area (Å²) in [5.74, 6) is -0.949. The van der Waals surface area contributed by atoms with Crippen molar-refractivity contribution in [2.45, 2.75) is 13.0 Å². The second kappa shape index (κ2) is 6.57. The molecule has 2 rings (SSSR count). The van der Waals surface area contributed by atoms with E-state index in [1.807, 2.05) is 31.2 Å². The molecule has 7 heteroatoms. The van der Waals surface area contributed by atoms with Crippen LogP contribution in [-0.4, -0.2) is 15.9 Å². The molecule has 2 aromatic rings. The Labute approximate surface area is 135 Å². The van der Waals surface area contributed by atoms with Crippen LogP contribution in [0.25, 0.3) is 0 Å². The van der Waals surface area contributed by atoms with Gasteiger partial charge >= 0.3 is 5.69 Å². The van der Waals surface area contributed by atoms with Crippen molar-refractivity contribution in [2.24, 2.45) is 0 Å². The summed E-state index contributed by atoms with van der Waals surface area (Å²) < 4.78 is 0.940. The average molecular weight is 365 g/mol. The maximum Gasteiger partial charge on any atom is 0.310 e. The van der Waals surface area contributed by atoms with Gasteiger partial charge in [-0.2, -0.15) is 0 Å². The van der Waals surface area contributed by atoms with Crippen LogP contribution in [0.2, 0.25) is 0 Å². The van der Waals surface area contributed by atoms with E-state index in [1.54, 1.807) is 0 Å². The molecule has 0 heterocycles. The van der Waals surface area contributed by atoms with Crippen molar-refractivity contribution in [1.82, 2.24) is 5.32 Å². The zero-order valence-electron chi connectivity index (χ0n) is 11.6. The second-order valence-electron chi connectivity index (χ2n) is 4.71. The van der Waals surface area contributed by atoms with Gasteiger partial charge in [0.15, 0.2) is 5.75 Å². The van der Waals surface area contributed by atoms with Crippen LogP contribution >= 0.6 is 15.9 Å². The second-order valence-corrected chi connectivity index (χ2v) is 5.62. The van der Waals surface area contributed by atoms with Gasteiger partial charge in [-0.25, -0.2) is 0 Å². The van der Waals surface area contributed by atoms with E-state index in [-0.39, 0.29) is 11.6 Å². The Balaban J connectivity index is 2.13. The summed E-state index contributed by atoms with van der Waals surface area (Å²) in [7, 11) is 0. The van der Waals surface area contributed by atoms with Crippen molar-refractivity contribution in [1.29, 1.82) is 0 Å². The number of benzene rings is 2. The Morgan fingerprint density at radius 1 is 1.27 bits per heavy atom. The van der Waals surface area contributed by atoms with Crippen molar-refractivity contribution < 1.29 is 14.8 Å². The Bertz CT molecular complexity index is 716. The third-order valence-electron chi connectivity index (χ3n) is 3.15. The van der Waals surface area contributed by atoms with Gasteiger partial charge in [-0.15, -0.1) is 0 Å². The van der Waals surface area contributed by atoms with E-state index in [0.717, 1.165) is 22.2 Å². The van der Waals surface area contributed by atoms with Crippen LogP contribution in [-0.2, 0) is 0 Å². The van der Waals surface area contributed by atoms with Gasteiger partial charge in [-0.05, 0) is 36.8 Å². The number of nitrogens with one attached hydrogen (secondary N) is 1. The number of rotatable bonds is 4. The highest BCUT2D eigenvalue weighted by Gasteiger charge is 2.17. The van der Waals surface area contributed by atoms with Crippen LogP contribution in [0.4, 0.5) is 5.69 Å². The van der Waals surface area contributed by atoms with Gasteiger partial charge in [0.05, 0.1) is 11.0 Å². The van der Waals surface area contributed by atoms with E-state index in [2.05, 4.69) is 21.2 Å². The molecule has 1 unspecified atom stereocenters. The summed E-state index contributed by atoms with van der Waals surface area (Å²) in [4.78, 5) is 22.1. The SMILES string of the molecule is CC(NC(=O)c1ccc([N+](=O)[O-])c(O)c1)c1ccc(Br)cc1. The first-order valence-electron chi connectivity index (χ1n) is 6.42. The minimum Gasteiger partial charge on any atom is -0.502 e. The molecule has 114 valence electrons. The predicted molar refractivity (Wildman–Crippen MR) is 84.8 cm³/mol. The smallest absolute Gasteiger partial charge is 0.310 e. The number of amides is 1. The molecule has 22 heavy (non-hydrogen) atoms. The highest BCUT2D eigenvalue weighted by atomic mass is 79.9. The first-order chi connectivity index (χ1) is 10.4. The third kappa shape index (κ3) is 3.62. The highest BCUT2D eigenvalue weighted by molar-refractivity contribution is 9.10. The van der Waals surface area contributed by atoms with Crippen LogP contribution in [0, 0.1) is 10.1 Å². The van der Waals surface area contributed by atoms with Gasteiger partial charge in [0.25, 0.3) is 5.91 Å². The van der Waals surface area contributed by atoms with Crippen LogP contribution in [0.5, 0.6) is 5.75 Å². The molecule has 0 saturated heterocycles. The molecule has 2 aromatic carbocycles. The van der Waals surface area contributed by atoms with Gasteiger partial charge in [0.2, 0.25) is 0 Å². The van der Waals surface area contributed by atoms with E-state index >= 15 is 0 Å². The van der Waals surface area contributed by atoms with Gasteiger partial charge in [0, 0.05) is 16.1 Å². The standard InChI is InChI=1S/C15H13BrN2O4/c1-9(10-2-5-12(16)6-3-10)17-15(20)11-4-7-13(18(21)22)14(19)8-11/h2-9,19H,1H3,(H,17,20). The predicted octanol–water partition coefficient (Wildman–Crippen LogP) is 3.55. The first kappa shape index (κ1) is 16.0. The van der Waals surface area contributed by atoms with Gasteiger partial charge in [-0.3, -0.25) is 14.9 Å². The third-order valence-corrected chi connectivity index (χ3v) is 3.68. The number of phenols is 1. The maximum absolute atomic E-state index is 12.1. The lowest BCUT2D eigenvalue weighted by Crippen LogP contribution is -2.26. The molecule has 0 spiro atoms. The van der Waals surface area contributed by atoms with Crippen molar-refractivity contribution in [3.05, 3.63) is 68.2 Å². The molecule has 0 radical (unpaired) electrons. The van der Waals surface area contributed by atoms with Crippen molar-refractivity contribution >= 4 is 27.5 Å². The summed E-state index contributed by atoms with van der Waals surface area (Å²) in [5.41, 5.74) is 0.646. The van der Waals surface area contributed by atoms with Gasteiger partial charge < -0.3 is 10.4 Å². The maximum atomic E-state index is 12.1. The average Bonchev–Trinajstić information content (AvgIpc) is 2.47.